The molecule has 0 fully saturated rings. The van der Waals surface area contributed by atoms with Gasteiger partial charge in [-0.2, -0.15) is 0 Å². The molecular weight excluding hydrogens is 200 g/mol. The van der Waals surface area contributed by atoms with Crippen LogP contribution in [0.1, 0.15) is 20.7 Å². The number of carbonyl (C=O) groups excluding carboxylic acids is 1. The third-order valence-corrected chi connectivity index (χ3v) is 2.96. The Labute approximate surface area is 83.6 Å². The lowest BCUT2D eigenvalue weighted by Crippen LogP contribution is -1.94. The number of thiophene rings is 1. The number of carboxylic acids is 1. The van der Waals surface area contributed by atoms with Crippen LogP contribution in [0.2, 0.25) is 0 Å². The van der Waals surface area contributed by atoms with Crippen molar-refractivity contribution in [2.75, 3.05) is 0 Å². The molecule has 0 saturated heterocycles. The fraction of sp³-hybridized carbons (Fsp3) is 0. The predicted molar refractivity (Wildman–Crippen MR) is 54.2 cm³/mol. The highest BCUT2D eigenvalue weighted by Gasteiger charge is 2.07. The van der Waals surface area contributed by atoms with E-state index in [1.165, 1.54) is 23.5 Å². The summed E-state index contributed by atoms with van der Waals surface area (Å²) in [5.41, 5.74) is 0.757. The SMILES string of the molecule is O=Cc1csc2ccc(C(=O)O)cc12. The largest absolute Gasteiger partial charge is 0.478 e. The predicted octanol–water partition coefficient (Wildman–Crippen LogP) is 2.41. The van der Waals surface area contributed by atoms with Crippen LogP contribution in [0.3, 0.4) is 0 Å². The van der Waals surface area contributed by atoms with E-state index in [2.05, 4.69) is 0 Å². The van der Waals surface area contributed by atoms with E-state index < -0.39 is 5.97 Å². The first-order valence-electron chi connectivity index (χ1n) is 3.92. The number of benzene rings is 1. The topological polar surface area (TPSA) is 54.4 Å². The number of rotatable bonds is 2. The number of hydrogen-bond donors (Lipinski definition) is 1. The summed E-state index contributed by atoms with van der Waals surface area (Å²) in [7, 11) is 0. The lowest BCUT2D eigenvalue weighted by Gasteiger charge is -1.94. The first kappa shape index (κ1) is 8.90. The van der Waals surface area contributed by atoms with Crippen LogP contribution < -0.4 is 0 Å². The van der Waals surface area contributed by atoms with Crippen molar-refractivity contribution in [3.05, 3.63) is 34.7 Å². The van der Waals surface area contributed by atoms with Gasteiger partial charge in [0, 0.05) is 21.0 Å². The second-order valence-corrected chi connectivity index (χ2v) is 3.74. The van der Waals surface area contributed by atoms with Crippen LogP contribution in [0.25, 0.3) is 10.1 Å². The maximum atomic E-state index is 10.7. The first-order chi connectivity index (χ1) is 6.72. The molecule has 0 aliphatic rings. The van der Waals surface area contributed by atoms with Gasteiger partial charge in [-0.1, -0.05) is 0 Å². The van der Waals surface area contributed by atoms with Crippen molar-refractivity contribution < 1.29 is 14.7 Å². The molecule has 1 N–H and O–H groups in total. The molecule has 14 heavy (non-hydrogen) atoms. The summed E-state index contributed by atoms with van der Waals surface area (Å²) in [6.07, 6.45) is 0.741. The third kappa shape index (κ3) is 1.29. The van der Waals surface area contributed by atoms with E-state index in [1.807, 2.05) is 0 Å². The van der Waals surface area contributed by atoms with Gasteiger partial charge in [0.2, 0.25) is 0 Å². The van der Waals surface area contributed by atoms with Crippen LogP contribution >= 0.6 is 11.3 Å². The van der Waals surface area contributed by atoms with E-state index in [1.54, 1.807) is 11.4 Å². The van der Waals surface area contributed by atoms with Crippen LogP contribution in [0.15, 0.2) is 23.6 Å². The molecule has 1 aromatic carbocycles. The van der Waals surface area contributed by atoms with Crippen molar-refractivity contribution in [1.29, 1.82) is 0 Å². The molecular formula is C10H6O3S. The third-order valence-electron chi connectivity index (χ3n) is 1.98. The lowest BCUT2D eigenvalue weighted by atomic mass is 10.1. The Bertz CT molecular complexity index is 513. The molecule has 0 saturated carbocycles. The van der Waals surface area contributed by atoms with Crippen molar-refractivity contribution in [1.82, 2.24) is 0 Å². The minimum absolute atomic E-state index is 0.207. The van der Waals surface area contributed by atoms with Gasteiger partial charge in [-0.15, -0.1) is 11.3 Å². The molecule has 2 rings (SSSR count). The summed E-state index contributed by atoms with van der Waals surface area (Å²) in [6, 6.07) is 4.78. The molecule has 0 spiro atoms. The quantitative estimate of drug-likeness (QED) is 0.767. The molecule has 70 valence electrons. The summed E-state index contributed by atoms with van der Waals surface area (Å²) in [5.74, 6) is -0.977. The smallest absolute Gasteiger partial charge is 0.335 e. The number of fused-ring (bicyclic) bond motifs is 1. The maximum absolute atomic E-state index is 10.7. The molecule has 0 unspecified atom stereocenters. The Kier molecular flexibility index (Phi) is 2.05. The summed E-state index contributed by atoms with van der Waals surface area (Å²) in [4.78, 5) is 21.3. The molecule has 3 nitrogen and oxygen atoms in total. The fourth-order valence-corrected chi connectivity index (χ4v) is 2.16. The van der Waals surface area contributed by atoms with Crippen molar-refractivity contribution in [2.24, 2.45) is 0 Å². The van der Waals surface area contributed by atoms with Gasteiger partial charge in [-0.05, 0) is 18.2 Å². The average molecular weight is 206 g/mol. The van der Waals surface area contributed by atoms with Crippen LogP contribution in [0, 0.1) is 0 Å². The molecule has 0 aliphatic heterocycles. The molecule has 1 aromatic heterocycles. The van der Waals surface area contributed by atoms with Gasteiger partial charge in [0.05, 0.1) is 5.56 Å². The highest BCUT2D eigenvalue weighted by Crippen LogP contribution is 2.25. The Morgan fingerprint density at radius 3 is 2.86 bits per heavy atom. The Morgan fingerprint density at radius 1 is 1.43 bits per heavy atom. The van der Waals surface area contributed by atoms with Crippen LogP contribution in [0.4, 0.5) is 0 Å². The van der Waals surface area contributed by atoms with Crippen molar-refractivity contribution in [3.8, 4) is 0 Å². The summed E-state index contributed by atoms with van der Waals surface area (Å²) < 4.78 is 0.928. The van der Waals surface area contributed by atoms with E-state index in [9.17, 15) is 9.59 Å². The molecule has 0 aliphatic carbocycles. The Hall–Kier alpha value is -1.68. The molecule has 2 aromatic rings. The van der Waals surface area contributed by atoms with Gasteiger partial charge in [-0.3, -0.25) is 4.79 Å². The molecule has 4 heteroatoms. The van der Waals surface area contributed by atoms with Gasteiger partial charge in [0.1, 0.15) is 0 Å². The number of carboxylic acid groups (broad SMARTS) is 1. The highest BCUT2D eigenvalue weighted by molar-refractivity contribution is 7.17. The van der Waals surface area contributed by atoms with Gasteiger partial charge < -0.3 is 5.11 Å². The van der Waals surface area contributed by atoms with Gasteiger partial charge in [-0.25, -0.2) is 4.79 Å². The monoisotopic (exact) mass is 206 g/mol. The van der Waals surface area contributed by atoms with Crippen molar-refractivity contribution in [2.45, 2.75) is 0 Å². The summed E-state index contributed by atoms with van der Waals surface area (Å²) >= 11 is 1.43. The molecule has 0 bridgehead atoms. The van der Waals surface area contributed by atoms with Crippen LogP contribution in [-0.2, 0) is 0 Å². The standard InChI is InChI=1S/C10H6O3S/c11-4-7-5-14-9-2-1-6(10(12)13)3-8(7)9/h1-5H,(H,12,13). The van der Waals surface area contributed by atoms with Gasteiger partial charge in [0.15, 0.2) is 6.29 Å². The highest BCUT2D eigenvalue weighted by atomic mass is 32.1. The molecule has 0 amide bonds. The minimum atomic E-state index is -0.977. The number of carbonyl (C=O) groups is 2. The fourth-order valence-electron chi connectivity index (χ4n) is 1.27. The molecule has 1 heterocycles. The Morgan fingerprint density at radius 2 is 2.21 bits per heavy atom. The van der Waals surface area contributed by atoms with E-state index >= 15 is 0 Å². The lowest BCUT2D eigenvalue weighted by molar-refractivity contribution is 0.0697. The second kappa shape index (κ2) is 3.23. The maximum Gasteiger partial charge on any atom is 0.335 e. The number of hydrogen-bond acceptors (Lipinski definition) is 3. The summed E-state index contributed by atoms with van der Waals surface area (Å²) in [5, 5.41) is 11.2. The zero-order valence-electron chi connectivity index (χ0n) is 7.06. The second-order valence-electron chi connectivity index (χ2n) is 2.82. The van der Waals surface area contributed by atoms with Crippen LogP contribution in [-0.4, -0.2) is 17.4 Å². The number of aromatic carboxylic acids is 1. The average Bonchev–Trinajstić information content (AvgIpc) is 2.59. The zero-order chi connectivity index (χ0) is 10.1. The number of aldehydes is 1. The summed E-state index contributed by atoms with van der Waals surface area (Å²) in [6.45, 7) is 0. The van der Waals surface area contributed by atoms with Crippen LogP contribution in [0.5, 0.6) is 0 Å². The van der Waals surface area contributed by atoms with Crippen molar-refractivity contribution in [3.63, 3.8) is 0 Å². The van der Waals surface area contributed by atoms with Gasteiger partial charge in [0.25, 0.3) is 0 Å². The molecule has 0 atom stereocenters. The molecule has 0 radical (unpaired) electrons. The van der Waals surface area contributed by atoms with E-state index in [-0.39, 0.29) is 5.56 Å². The Balaban J connectivity index is 2.73. The first-order valence-corrected chi connectivity index (χ1v) is 4.80. The normalized spacial score (nSPS) is 10.3. The van der Waals surface area contributed by atoms with E-state index in [0.717, 1.165) is 11.0 Å². The van der Waals surface area contributed by atoms with Gasteiger partial charge >= 0.3 is 5.97 Å². The van der Waals surface area contributed by atoms with E-state index in [4.69, 9.17) is 5.11 Å². The van der Waals surface area contributed by atoms with E-state index in [0.29, 0.717) is 10.9 Å². The minimum Gasteiger partial charge on any atom is -0.478 e. The van der Waals surface area contributed by atoms with Crippen molar-refractivity contribution >= 4 is 33.7 Å². The zero-order valence-corrected chi connectivity index (χ0v) is 7.88.